The van der Waals surface area contributed by atoms with Crippen LogP contribution in [-0.2, 0) is 6.42 Å². The fraction of sp³-hybridized carbons (Fsp3) is 0.333. The van der Waals surface area contributed by atoms with Gasteiger partial charge in [0, 0.05) is 16.6 Å². The molecule has 0 aliphatic rings. The lowest BCUT2D eigenvalue weighted by Gasteiger charge is -2.12. The van der Waals surface area contributed by atoms with E-state index >= 15 is 0 Å². The number of hydrogen-bond acceptors (Lipinski definition) is 3. The number of nitrogens with one attached hydrogen (secondary N) is 1. The number of benzene rings is 1. The molecule has 0 atom stereocenters. The van der Waals surface area contributed by atoms with Crippen molar-refractivity contribution in [1.82, 2.24) is 9.97 Å². The molecule has 21 heavy (non-hydrogen) atoms. The Balaban J connectivity index is 2.49. The van der Waals surface area contributed by atoms with Gasteiger partial charge in [-0.3, -0.25) is 0 Å². The van der Waals surface area contributed by atoms with E-state index in [4.69, 9.17) is 11.6 Å². The monoisotopic (exact) mass is 479 g/mol. The van der Waals surface area contributed by atoms with Crippen molar-refractivity contribution < 1.29 is 0 Å². The van der Waals surface area contributed by atoms with Gasteiger partial charge < -0.3 is 5.32 Å². The molecule has 1 aromatic carbocycles. The molecule has 0 spiro atoms. The van der Waals surface area contributed by atoms with Crippen LogP contribution in [0.15, 0.2) is 22.7 Å². The average Bonchev–Trinajstić information content (AvgIpc) is 2.49. The van der Waals surface area contributed by atoms with Crippen molar-refractivity contribution in [3.05, 3.63) is 37.0 Å². The summed E-state index contributed by atoms with van der Waals surface area (Å²) in [7, 11) is 0. The summed E-state index contributed by atoms with van der Waals surface area (Å²) in [6, 6.07) is 5.75. The Labute approximate surface area is 152 Å². The second kappa shape index (κ2) is 7.74. The van der Waals surface area contributed by atoms with Crippen LogP contribution in [0.4, 0.5) is 5.82 Å². The van der Waals surface area contributed by atoms with E-state index in [2.05, 4.69) is 67.7 Å². The van der Waals surface area contributed by atoms with Crippen LogP contribution >= 0.6 is 50.1 Å². The first-order valence-electron chi connectivity index (χ1n) is 6.82. The van der Waals surface area contributed by atoms with E-state index in [1.165, 1.54) is 0 Å². The van der Waals surface area contributed by atoms with E-state index in [0.29, 0.717) is 5.02 Å². The average molecular weight is 481 g/mol. The Bertz CT molecular complexity index is 649. The van der Waals surface area contributed by atoms with Crippen molar-refractivity contribution in [2.75, 3.05) is 11.9 Å². The summed E-state index contributed by atoms with van der Waals surface area (Å²) in [5, 5.41) is 4.06. The van der Waals surface area contributed by atoms with E-state index in [0.717, 1.165) is 50.3 Å². The third-order valence-corrected chi connectivity index (χ3v) is 5.32. The van der Waals surface area contributed by atoms with Gasteiger partial charge in [0.1, 0.15) is 5.82 Å². The molecule has 0 aliphatic carbocycles. The zero-order valence-corrected chi connectivity index (χ0v) is 16.4. The van der Waals surface area contributed by atoms with Gasteiger partial charge in [-0.2, -0.15) is 0 Å². The lowest BCUT2D eigenvalue weighted by molar-refractivity contribution is 0.943. The van der Waals surface area contributed by atoms with Gasteiger partial charge >= 0.3 is 0 Å². The van der Waals surface area contributed by atoms with Crippen LogP contribution in [0.3, 0.4) is 0 Å². The molecule has 0 aliphatic heterocycles. The summed E-state index contributed by atoms with van der Waals surface area (Å²) in [5.41, 5.74) is 2.02. The third-order valence-electron chi connectivity index (χ3n) is 2.97. The predicted molar refractivity (Wildman–Crippen MR) is 101 cm³/mol. The molecule has 0 bridgehead atoms. The molecule has 1 heterocycles. The van der Waals surface area contributed by atoms with Gasteiger partial charge in [-0.25, -0.2) is 9.97 Å². The first kappa shape index (κ1) is 17.0. The van der Waals surface area contributed by atoms with Gasteiger partial charge in [0.25, 0.3) is 0 Å². The van der Waals surface area contributed by atoms with Crippen molar-refractivity contribution in [2.24, 2.45) is 0 Å². The Morgan fingerprint density at radius 1 is 1.29 bits per heavy atom. The van der Waals surface area contributed by atoms with E-state index in [-0.39, 0.29) is 0 Å². The fourth-order valence-corrected chi connectivity index (χ4v) is 3.16. The minimum atomic E-state index is 0.685. The Morgan fingerprint density at radius 3 is 2.67 bits per heavy atom. The van der Waals surface area contributed by atoms with Crippen molar-refractivity contribution in [3.63, 3.8) is 0 Å². The molecule has 2 rings (SSSR count). The molecular weight excluding hydrogens is 464 g/mol. The number of nitrogens with zero attached hydrogens (tertiary/aromatic N) is 2. The van der Waals surface area contributed by atoms with Gasteiger partial charge in [0.2, 0.25) is 0 Å². The normalized spacial score (nSPS) is 10.7. The van der Waals surface area contributed by atoms with Gasteiger partial charge in [-0.15, -0.1) is 0 Å². The van der Waals surface area contributed by atoms with Crippen molar-refractivity contribution in [1.29, 1.82) is 0 Å². The summed E-state index contributed by atoms with van der Waals surface area (Å²) < 4.78 is 1.95. The number of aromatic nitrogens is 2. The molecule has 112 valence electrons. The second-order valence-electron chi connectivity index (χ2n) is 4.57. The molecule has 1 N–H and O–H groups in total. The zero-order valence-electron chi connectivity index (χ0n) is 11.9. The van der Waals surface area contributed by atoms with Gasteiger partial charge in [0.05, 0.1) is 14.3 Å². The largest absolute Gasteiger partial charge is 0.369 e. The van der Waals surface area contributed by atoms with Crippen LogP contribution < -0.4 is 5.32 Å². The Morgan fingerprint density at radius 2 is 2.05 bits per heavy atom. The molecule has 6 heteroatoms. The topological polar surface area (TPSA) is 37.8 Å². The summed E-state index contributed by atoms with van der Waals surface area (Å²) in [5.74, 6) is 1.63. The highest BCUT2D eigenvalue weighted by Gasteiger charge is 2.13. The van der Waals surface area contributed by atoms with Crippen LogP contribution in [0.25, 0.3) is 11.4 Å². The maximum absolute atomic E-state index is 6.05. The van der Waals surface area contributed by atoms with Gasteiger partial charge in [0.15, 0.2) is 5.82 Å². The molecule has 0 fully saturated rings. The Kier molecular flexibility index (Phi) is 6.25. The smallest absolute Gasteiger partial charge is 0.161 e. The van der Waals surface area contributed by atoms with E-state index < -0.39 is 0 Å². The summed E-state index contributed by atoms with van der Waals surface area (Å²) in [6.07, 6.45) is 1.94. The summed E-state index contributed by atoms with van der Waals surface area (Å²) in [6.45, 7) is 5.15. The van der Waals surface area contributed by atoms with Gasteiger partial charge in [-0.1, -0.05) is 25.4 Å². The molecule has 0 unspecified atom stereocenters. The van der Waals surface area contributed by atoms with Crippen LogP contribution in [0, 0.1) is 3.57 Å². The lowest BCUT2D eigenvalue weighted by Crippen LogP contribution is -2.08. The molecule has 2 aromatic rings. The van der Waals surface area contributed by atoms with Crippen LogP contribution in [0.1, 0.15) is 26.0 Å². The highest BCUT2D eigenvalue weighted by molar-refractivity contribution is 14.1. The predicted octanol–water partition coefficient (Wildman–Crippen LogP) is 5.55. The second-order valence-corrected chi connectivity index (χ2v) is 6.91. The SMILES string of the molecule is CCCNc1nc(-c2ccc(Cl)c(Br)c2)nc(CC)c1I. The number of hydrogen-bond donors (Lipinski definition) is 1. The fourth-order valence-electron chi connectivity index (χ4n) is 1.85. The van der Waals surface area contributed by atoms with Crippen molar-refractivity contribution in [2.45, 2.75) is 26.7 Å². The van der Waals surface area contributed by atoms with Crippen LogP contribution in [0.2, 0.25) is 5.02 Å². The maximum atomic E-state index is 6.05. The minimum absolute atomic E-state index is 0.685. The quantitative estimate of drug-likeness (QED) is 0.571. The van der Waals surface area contributed by atoms with E-state index in [1.54, 1.807) is 0 Å². The van der Waals surface area contributed by atoms with E-state index in [1.807, 2.05) is 18.2 Å². The van der Waals surface area contributed by atoms with E-state index in [9.17, 15) is 0 Å². The minimum Gasteiger partial charge on any atom is -0.369 e. The maximum Gasteiger partial charge on any atom is 0.161 e. The molecule has 0 amide bonds. The van der Waals surface area contributed by atoms with Crippen LogP contribution in [0.5, 0.6) is 0 Å². The zero-order chi connectivity index (χ0) is 15.4. The molecular formula is C15H16BrClIN3. The Hall–Kier alpha value is -0.400. The molecule has 1 aromatic heterocycles. The van der Waals surface area contributed by atoms with Gasteiger partial charge in [-0.05, 0) is 69.6 Å². The first-order chi connectivity index (χ1) is 10.1. The summed E-state index contributed by atoms with van der Waals surface area (Å²) >= 11 is 11.8. The van der Waals surface area contributed by atoms with Crippen molar-refractivity contribution >= 4 is 55.9 Å². The number of halogens is 3. The number of rotatable bonds is 5. The highest BCUT2D eigenvalue weighted by atomic mass is 127. The lowest BCUT2D eigenvalue weighted by atomic mass is 10.2. The summed E-state index contributed by atoms with van der Waals surface area (Å²) in [4.78, 5) is 9.34. The van der Waals surface area contributed by atoms with Crippen LogP contribution in [-0.4, -0.2) is 16.5 Å². The molecule has 0 saturated carbocycles. The standard InChI is InChI=1S/C15H16BrClIN3/c1-3-7-19-15-13(18)12(4-2)20-14(21-15)9-5-6-11(17)10(16)8-9/h5-6,8H,3-4,7H2,1-2H3,(H,19,20,21). The number of aryl methyl sites for hydroxylation is 1. The molecule has 3 nitrogen and oxygen atoms in total. The highest BCUT2D eigenvalue weighted by Crippen LogP contribution is 2.29. The molecule has 0 saturated heterocycles. The molecule has 0 radical (unpaired) electrons. The number of anilines is 1. The third kappa shape index (κ3) is 4.07. The van der Waals surface area contributed by atoms with Crippen molar-refractivity contribution in [3.8, 4) is 11.4 Å². The first-order valence-corrected chi connectivity index (χ1v) is 9.07.